The summed E-state index contributed by atoms with van der Waals surface area (Å²) in [6.45, 7) is 5.25. The number of sulfone groups is 1. The number of halogens is 1. The highest BCUT2D eigenvalue weighted by Crippen LogP contribution is 2.37. The first-order valence-electron chi connectivity index (χ1n) is 10.1. The van der Waals surface area contributed by atoms with Crippen molar-refractivity contribution in [2.45, 2.75) is 18.1 Å². The topological polar surface area (TPSA) is 103 Å². The molecule has 33 heavy (non-hydrogen) atoms. The number of aromatic nitrogens is 1. The van der Waals surface area contributed by atoms with Crippen LogP contribution < -0.4 is 10.4 Å². The smallest absolute Gasteiger partial charge is 0.264 e. The van der Waals surface area contributed by atoms with Gasteiger partial charge in [-0.2, -0.15) is 0 Å². The van der Waals surface area contributed by atoms with E-state index in [1.165, 1.54) is 23.5 Å². The van der Waals surface area contributed by atoms with Gasteiger partial charge in [0.15, 0.2) is 14.6 Å². The largest absolute Gasteiger partial charge is 0.363 e. The second-order valence-corrected chi connectivity index (χ2v) is 10.8. The van der Waals surface area contributed by atoms with E-state index in [2.05, 4.69) is 11.6 Å². The van der Waals surface area contributed by atoms with Crippen molar-refractivity contribution in [2.75, 3.05) is 31.8 Å². The number of anilines is 1. The Morgan fingerprint density at radius 2 is 1.91 bits per heavy atom. The van der Waals surface area contributed by atoms with Gasteiger partial charge in [0.1, 0.15) is 11.6 Å². The first-order valence-corrected chi connectivity index (χ1v) is 12.0. The lowest BCUT2D eigenvalue weighted by molar-refractivity contribution is -0.131. The summed E-state index contributed by atoms with van der Waals surface area (Å²) in [5, 5.41) is 8.98. The minimum Gasteiger partial charge on any atom is -0.363 e. The van der Waals surface area contributed by atoms with Crippen LogP contribution in [0.5, 0.6) is 0 Å². The fraction of sp³-hybridized carbons (Fsp3) is 0.304. The molecule has 10 heteroatoms. The molecule has 1 aromatic heterocycles. The Labute approximate surface area is 192 Å². The lowest BCUT2D eigenvalue weighted by atomic mass is 9.95. The third-order valence-corrected chi connectivity index (χ3v) is 8.00. The van der Waals surface area contributed by atoms with Crippen LogP contribution in [0.25, 0.3) is 22.7 Å². The number of amides is 1. The van der Waals surface area contributed by atoms with E-state index in [1.54, 1.807) is 18.3 Å². The molecule has 0 bridgehead atoms. The second kappa shape index (κ2) is 8.95. The Morgan fingerprint density at radius 1 is 1.24 bits per heavy atom. The highest BCUT2D eigenvalue weighted by molar-refractivity contribution is 7.92. The summed E-state index contributed by atoms with van der Waals surface area (Å²) < 4.78 is 37.6. The Hall–Kier alpha value is -3.24. The molecule has 2 N–H and O–H groups in total. The number of fused-ring (bicyclic) bond motifs is 1. The molecule has 1 amide bonds. The van der Waals surface area contributed by atoms with E-state index in [0.29, 0.717) is 16.8 Å². The minimum absolute atomic E-state index is 0.000350. The first-order chi connectivity index (χ1) is 15.4. The highest BCUT2D eigenvalue weighted by Gasteiger charge is 2.43. The highest BCUT2D eigenvalue weighted by atomic mass is 32.2. The lowest BCUT2D eigenvalue weighted by Crippen LogP contribution is -2.50. The van der Waals surface area contributed by atoms with E-state index in [0.717, 1.165) is 23.2 Å². The molecule has 0 saturated carbocycles. The van der Waals surface area contributed by atoms with Crippen LogP contribution in [0, 0.1) is 0 Å². The third kappa shape index (κ3) is 4.62. The zero-order chi connectivity index (χ0) is 24.6. The molecular formula is C23H27FN4O4S. The quantitative estimate of drug-likeness (QED) is 0.470. The van der Waals surface area contributed by atoms with Crippen LogP contribution in [0.4, 0.5) is 10.2 Å². The molecule has 0 aliphatic carbocycles. The van der Waals surface area contributed by atoms with Gasteiger partial charge in [-0.25, -0.2) is 23.3 Å². The van der Waals surface area contributed by atoms with Gasteiger partial charge in [-0.05, 0) is 37.1 Å². The van der Waals surface area contributed by atoms with Gasteiger partial charge in [0, 0.05) is 61.7 Å². The molecule has 8 nitrogen and oxygen atoms in total. The van der Waals surface area contributed by atoms with Crippen LogP contribution in [-0.2, 0) is 14.6 Å². The fourth-order valence-electron chi connectivity index (χ4n) is 3.55. The van der Waals surface area contributed by atoms with E-state index in [-0.39, 0.29) is 13.0 Å². The predicted molar refractivity (Wildman–Crippen MR) is 127 cm³/mol. The number of hydrogen-bond acceptors (Lipinski definition) is 7. The summed E-state index contributed by atoms with van der Waals surface area (Å²) in [7, 11) is -0.0727. The fourth-order valence-corrected chi connectivity index (χ4v) is 4.40. The van der Waals surface area contributed by atoms with Crippen molar-refractivity contribution in [1.29, 1.82) is 0 Å². The van der Waals surface area contributed by atoms with Crippen LogP contribution in [0.3, 0.4) is 0 Å². The molecule has 0 radical (unpaired) electrons. The van der Waals surface area contributed by atoms with Crippen molar-refractivity contribution < 1.29 is 22.8 Å². The van der Waals surface area contributed by atoms with Gasteiger partial charge in [-0.1, -0.05) is 18.7 Å². The van der Waals surface area contributed by atoms with Crippen molar-refractivity contribution >= 4 is 33.1 Å². The number of carbonyl (C=O) groups is 1. The zero-order valence-electron chi connectivity index (χ0n) is 19.0. The molecule has 1 aromatic carbocycles. The van der Waals surface area contributed by atoms with Crippen molar-refractivity contribution in [3.05, 3.63) is 60.4 Å². The molecule has 3 rings (SSSR count). The average molecular weight is 475 g/mol. The van der Waals surface area contributed by atoms with Gasteiger partial charge in [0.2, 0.25) is 0 Å². The Bertz CT molecular complexity index is 1230. The maximum atomic E-state index is 15.1. The molecule has 0 unspecified atom stereocenters. The first kappa shape index (κ1) is 24.4. The summed E-state index contributed by atoms with van der Waals surface area (Å²) >= 11 is 0. The molecule has 2 heterocycles. The maximum absolute atomic E-state index is 15.1. The zero-order valence-corrected chi connectivity index (χ0v) is 19.8. The van der Waals surface area contributed by atoms with Gasteiger partial charge in [-0.15, -0.1) is 0 Å². The van der Waals surface area contributed by atoms with Crippen molar-refractivity contribution in [1.82, 2.24) is 15.4 Å². The Morgan fingerprint density at radius 3 is 2.45 bits per heavy atom. The van der Waals surface area contributed by atoms with E-state index in [4.69, 9.17) is 5.21 Å². The number of nitrogens with one attached hydrogen (secondary N) is 1. The van der Waals surface area contributed by atoms with Crippen molar-refractivity contribution in [3.8, 4) is 11.1 Å². The minimum atomic E-state index is -3.86. The summed E-state index contributed by atoms with van der Waals surface area (Å²) in [5.41, 5.74) is 4.44. The summed E-state index contributed by atoms with van der Waals surface area (Å²) in [6, 6.07) is 9.10. The number of rotatable bonds is 7. The van der Waals surface area contributed by atoms with E-state index < -0.39 is 26.3 Å². The number of carbonyl (C=O) groups excluding carboxylic acids is 1. The molecule has 1 atom stereocenters. The van der Waals surface area contributed by atoms with Gasteiger partial charge < -0.3 is 9.80 Å². The predicted octanol–water partition coefficient (Wildman–Crippen LogP) is 3.07. The Balaban J connectivity index is 1.87. The molecule has 176 valence electrons. The SMILES string of the molecule is C=C1c2ccc(-c3ccc(N(C)C)nc3)cc2C(F)=CN1CC[C@](C)(C(=O)NO)S(C)(=O)=O. The van der Waals surface area contributed by atoms with E-state index in [1.807, 2.05) is 37.2 Å². The van der Waals surface area contributed by atoms with Crippen LogP contribution in [0.15, 0.2) is 49.3 Å². The van der Waals surface area contributed by atoms with Gasteiger partial charge in [0.25, 0.3) is 5.91 Å². The molecule has 0 saturated heterocycles. The number of hydroxylamine groups is 1. The summed E-state index contributed by atoms with van der Waals surface area (Å²) in [5.74, 6) is -0.747. The van der Waals surface area contributed by atoms with Gasteiger partial charge in [-0.3, -0.25) is 10.0 Å². The summed E-state index contributed by atoms with van der Waals surface area (Å²) in [4.78, 5) is 19.8. The normalized spacial score (nSPS) is 15.4. The molecule has 0 spiro atoms. The Kier molecular flexibility index (Phi) is 6.62. The number of pyridine rings is 1. The van der Waals surface area contributed by atoms with Crippen molar-refractivity contribution in [2.24, 2.45) is 0 Å². The van der Waals surface area contributed by atoms with Gasteiger partial charge >= 0.3 is 0 Å². The molecular weight excluding hydrogens is 447 g/mol. The maximum Gasteiger partial charge on any atom is 0.264 e. The van der Waals surface area contributed by atoms with Crippen LogP contribution in [0.1, 0.15) is 24.5 Å². The lowest BCUT2D eigenvalue weighted by Gasteiger charge is -2.32. The van der Waals surface area contributed by atoms with Crippen molar-refractivity contribution in [3.63, 3.8) is 0 Å². The van der Waals surface area contributed by atoms with Crippen LogP contribution in [0.2, 0.25) is 0 Å². The number of nitrogens with zero attached hydrogens (tertiary/aromatic N) is 3. The van der Waals surface area contributed by atoms with Crippen LogP contribution in [-0.4, -0.2) is 61.1 Å². The molecule has 2 aromatic rings. The molecule has 1 aliphatic rings. The average Bonchev–Trinajstić information content (AvgIpc) is 2.78. The van der Waals surface area contributed by atoms with Gasteiger partial charge in [0.05, 0.1) is 0 Å². The van der Waals surface area contributed by atoms with Crippen LogP contribution >= 0.6 is 0 Å². The molecule has 1 aliphatic heterocycles. The molecule has 0 fully saturated rings. The van der Waals surface area contributed by atoms with E-state index in [9.17, 15) is 13.2 Å². The standard InChI is InChI=1S/C23H27FN4O4S/c1-15-18-8-6-16(17-7-9-21(25-13-17)27(3)4)12-19(18)20(24)14-28(15)11-10-23(2,22(29)26-30)33(5,31)32/h6-9,12-14,30H,1,10-11H2,2-5H3,(H,26,29)/t23-/m1/s1. The number of hydrogen-bond donors (Lipinski definition) is 2. The van der Waals surface area contributed by atoms with E-state index >= 15 is 4.39 Å². The third-order valence-electron chi connectivity index (χ3n) is 5.97. The second-order valence-electron chi connectivity index (χ2n) is 8.37. The monoisotopic (exact) mass is 474 g/mol. The number of benzene rings is 1. The summed E-state index contributed by atoms with van der Waals surface area (Å²) in [6.07, 6.45) is 3.70.